The third-order valence-electron chi connectivity index (χ3n) is 2.88. The van der Waals surface area contributed by atoms with E-state index in [0.717, 1.165) is 24.2 Å². The number of nitrogens with zero attached hydrogens (tertiary/aromatic N) is 3. The maximum atomic E-state index is 11.9. The van der Waals surface area contributed by atoms with Crippen molar-refractivity contribution in [3.8, 4) is 5.69 Å². The molecule has 0 atom stereocenters. The molecule has 0 unspecified atom stereocenters. The highest BCUT2D eigenvalue weighted by Crippen LogP contribution is 2.09. The van der Waals surface area contributed by atoms with Gasteiger partial charge in [0.1, 0.15) is 0 Å². The molecule has 2 aromatic rings. The molecule has 6 nitrogen and oxygen atoms in total. The summed E-state index contributed by atoms with van der Waals surface area (Å²) < 4.78 is 1.61. The van der Waals surface area contributed by atoms with Crippen LogP contribution in [0.3, 0.4) is 0 Å². The number of carbonyl (C=O) groups is 1. The van der Waals surface area contributed by atoms with Crippen LogP contribution >= 0.6 is 12.4 Å². The van der Waals surface area contributed by atoms with Crippen molar-refractivity contribution in [3.05, 3.63) is 41.7 Å². The Balaban J connectivity index is 0.00000220. The first kappa shape index (κ1) is 17.1. The summed E-state index contributed by atoms with van der Waals surface area (Å²) in [6, 6.07) is 7.87. The largest absolute Gasteiger partial charge is 0.351 e. The highest BCUT2D eigenvalue weighted by atomic mass is 35.5. The van der Waals surface area contributed by atoms with E-state index in [-0.39, 0.29) is 18.3 Å². The van der Waals surface area contributed by atoms with Gasteiger partial charge in [-0.1, -0.05) is 17.3 Å². The normalized spacial score (nSPS) is 10.0. The van der Waals surface area contributed by atoms with Crippen molar-refractivity contribution >= 4 is 18.3 Å². The van der Waals surface area contributed by atoms with Gasteiger partial charge in [-0.05, 0) is 44.6 Å². The fourth-order valence-corrected chi connectivity index (χ4v) is 1.82. The van der Waals surface area contributed by atoms with Crippen LogP contribution in [0.25, 0.3) is 5.69 Å². The lowest BCUT2D eigenvalue weighted by Gasteiger charge is -2.02. The zero-order valence-electron chi connectivity index (χ0n) is 12.2. The van der Waals surface area contributed by atoms with Crippen LogP contribution in [-0.4, -0.2) is 41.0 Å². The van der Waals surface area contributed by atoms with Crippen molar-refractivity contribution in [1.29, 1.82) is 0 Å². The maximum Gasteiger partial charge on any atom is 0.273 e. The molecular weight excluding hydrogens is 290 g/mol. The quantitative estimate of drug-likeness (QED) is 0.790. The second-order valence-corrected chi connectivity index (χ2v) is 4.60. The van der Waals surface area contributed by atoms with Gasteiger partial charge in [-0.25, -0.2) is 4.68 Å². The number of rotatable bonds is 6. The summed E-state index contributed by atoms with van der Waals surface area (Å²) in [7, 11) is 1.88. The molecule has 0 saturated heterocycles. The number of amides is 1. The van der Waals surface area contributed by atoms with E-state index >= 15 is 0 Å². The van der Waals surface area contributed by atoms with E-state index in [9.17, 15) is 4.79 Å². The van der Waals surface area contributed by atoms with Crippen molar-refractivity contribution in [3.63, 3.8) is 0 Å². The van der Waals surface area contributed by atoms with Gasteiger partial charge >= 0.3 is 0 Å². The Labute approximate surface area is 130 Å². The lowest BCUT2D eigenvalue weighted by molar-refractivity contribution is 0.0948. The van der Waals surface area contributed by atoms with Crippen LogP contribution in [0.5, 0.6) is 0 Å². The number of benzene rings is 1. The van der Waals surface area contributed by atoms with Gasteiger partial charge in [-0.3, -0.25) is 4.79 Å². The molecule has 0 saturated carbocycles. The summed E-state index contributed by atoms with van der Waals surface area (Å²) in [5.41, 5.74) is 2.36. The molecule has 2 N–H and O–H groups in total. The standard InChI is InChI=1S/C14H19N5O.ClH/c1-11-5-3-6-12(9-11)19-10-13(17-18-19)14(20)16-8-4-7-15-2;/h3,5-6,9-10,15H,4,7-8H2,1-2H3,(H,16,20);1H. The maximum absolute atomic E-state index is 11.9. The van der Waals surface area contributed by atoms with Crippen molar-refractivity contribution in [2.24, 2.45) is 0 Å². The monoisotopic (exact) mass is 309 g/mol. The van der Waals surface area contributed by atoms with Crippen LogP contribution in [0.4, 0.5) is 0 Å². The van der Waals surface area contributed by atoms with Gasteiger partial charge in [0.25, 0.3) is 5.91 Å². The predicted molar refractivity (Wildman–Crippen MR) is 84.2 cm³/mol. The van der Waals surface area contributed by atoms with Crippen molar-refractivity contribution < 1.29 is 4.79 Å². The van der Waals surface area contributed by atoms with Gasteiger partial charge in [0.05, 0.1) is 11.9 Å². The SMILES string of the molecule is CNCCCNC(=O)c1cn(-c2cccc(C)c2)nn1.Cl. The lowest BCUT2D eigenvalue weighted by Crippen LogP contribution is -2.26. The number of aromatic nitrogens is 3. The summed E-state index contributed by atoms with van der Waals surface area (Å²) >= 11 is 0. The van der Waals surface area contributed by atoms with E-state index in [4.69, 9.17) is 0 Å². The van der Waals surface area contributed by atoms with Crippen LogP contribution in [0.2, 0.25) is 0 Å². The van der Waals surface area contributed by atoms with Crippen LogP contribution < -0.4 is 10.6 Å². The molecule has 0 bridgehead atoms. The first-order chi connectivity index (χ1) is 9.70. The minimum Gasteiger partial charge on any atom is -0.351 e. The van der Waals surface area contributed by atoms with E-state index in [0.29, 0.717) is 12.2 Å². The van der Waals surface area contributed by atoms with Gasteiger partial charge in [0.2, 0.25) is 0 Å². The minimum atomic E-state index is -0.194. The molecule has 1 aromatic heterocycles. The molecule has 7 heteroatoms. The number of hydrogen-bond donors (Lipinski definition) is 2. The Morgan fingerprint density at radius 3 is 2.86 bits per heavy atom. The molecule has 21 heavy (non-hydrogen) atoms. The number of hydrogen-bond acceptors (Lipinski definition) is 4. The lowest BCUT2D eigenvalue weighted by atomic mass is 10.2. The Bertz CT molecular complexity index is 584. The molecule has 0 spiro atoms. The molecule has 2 rings (SSSR count). The van der Waals surface area contributed by atoms with Crippen LogP contribution in [-0.2, 0) is 0 Å². The van der Waals surface area contributed by atoms with Crippen LogP contribution in [0, 0.1) is 6.92 Å². The van der Waals surface area contributed by atoms with Crippen LogP contribution in [0.1, 0.15) is 22.5 Å². The smallest absolute Gasteiger partial charge is 0.273 e. The summed E-state index contributed by atoms with van der Waals surface area (Å²) in [5.74, 6) is -0.194. The molecular formula is C14H20ClN5O. The topological polar surface area (TPSA) is 71.8 Å². The summed E-state index contributed by atoms with van der Waals surface area (Å²) in [6.07, 6.45) is 2.52. The van der Waals surface area contributed by atoms with E-state index in [1.165, 1.54) is 0 Å². The number of carbonyl (C=O) groups excluding carboxylic acids is 1. The van der Waals surface area contributed by atoms with E-state index in [2.05, 4.69) is 20.9 Å². The zero-order chi connectivity index (χ0) is 14.4. The fourth-order valence-electron chi connectivity index (χ4n) is 1.82. The second-order valence-electron chi connectivity index (χ2n) is 4.60. The molecule has 114 valence electrons. The highest BCUT2D eigenvalue weighted by Gasteiger charge is 2.10. The molecule has 1 aromatic carbocycles. The van der Waals surface area contributed by atoms with E-state index in [1.54, 1.807) is 10.9 Å². The summed E-state index contributed by atoms with van der Waals surface area (Å²) in [4.78, 5) is 11.9. The Morgan fingerprint density at radius 1 is 1.33 bits per heavy atom. The zero-order valence-corrected chi connectivity index (χ0v) is 13.0. The molecule has 0 radical (unpaired) electrons. The molecule has 0 aliphatic carbocycles. The summed E-state index contributed by atoms with van der Waals surface area (Å²) in [5, 5.41) is 13.7. The van der Waals surface area contributed by atoms with Gasteiger partial charge in [0, 0.05) is 6.54 Å². The van der Waals surface area contributed by atoms with Crippen LogP contribution in [0.15, 0.2) is 30.5 Å². The van der Waals surface area contributed by atoms with Gasteiger partial charge in [0.15, 0.2) is 5.69 Å². The van der Waals surface area contributed by atoms with Gasteiger partial charge in [-0.2, -0.15) is 0 Å². The minimum absolute atomic E-state index is 0. The highest BCUT2D eigenvalue weighted by molar-refractivity contribution is 5.91. The predicted octanol–water partition coefficient (Wildman–Crippen LogP) is 1.34. The fraction of sp³-hybridized carbons (Fsp3) is 0.357. The Morgan fingerprint density at radius 2 is 2.14 bits per heavy atom. The van der Waals surface area contributed by atoms with Crippen molar-refractivity contribution in [1.82, 2.24) is 25.6 Å². The number of nitrogens with one attached hydrogen (secondary N) is 2. The third-order valence-corrected chi connectivity index (χ3v) is 2.88. The molecule has 0 aliphatic heterocycles. The third kappa shape index (κ3) is 4.84. The average molecular weight is 310 g/mol. The van der Waals surface area contributed by atoms with E-state index in [1.807, 2.05) is 38.2 Å². The summed E-state index contributed by atoms with van der Waals surface area (Å²) in [6.45, 7) is 3.50. The molecule has 1 heterocycles. The first-order valence-electron chi connectivity index (χ1n) is 6.63. The first-order valence-corrected chi connectivity index (χ1v) is 6.63. The van der Waals surface area contributed by atoms with Gasteiger partial charge < -0.3 is 10.6 Å². The number of aryl methyl sites for hydroxylation is 1. The molecule has 0 fully saturated rings. The average Bonchev–Trinajstić information content (AvgIpc) is 2.93. The Hall–Kier alpha value is -1.92. The van der Waals surface area contributed by atoms with Gasteiger partial charge in [-0.15, -0.1) is 17.5 Å². The van der Waals surface area contributed by atoms with E-state index < -0.39 is 0 Å². The molecule has 0 aliphatic rings. The van der Waals surface area contributed by atoms with Crippen molar-refractivity contribution in [2.75, 3.05) is 20.1 Å². The second kappa shape index (κ2) is 8.39. The number of halogens is 1. The van der Waals surface area contributed by atoms with Crippen molar-refractivity contribution in [2.45, 2.75) is 13.3 Å². The molecule has 1 amide bonds. The Kier molecular flexibility index (Phi) is 6.84.